The van der Waals surface area contributed by atoms with Gasteiger partial charge in [0.05, 0.1) is 5.56 Å². The van der Waals surface area contributed by atoms with E-state index in [1.807, 2.05) is 39.8 Å². The molecule has 110 valence electrons. The van der Waals surface area contributed by atoms with Crippen molar-refractivity contribution in [1.29, 1.82) is 0 Å². The third kappa shape index (κ3) is 5.52. The Morgan fingerprint density at radius 3 is 2.60 bits per heavy atom. The van der Waals surface area contributed by atoms with Gasteiger partial charge in [-0.25, -0.2) is 4.98 Å². The van der Waals surface area contributed by atoms with E-state index in [1.165, 1.54) is 0 Å². The summed E-state index contributed by atoms with van der Waals surface area (Å²) in [6.07, 6.45) is 0.365. The molecular weight excluding hydrogens is 272 g/mol. The van der Waals surface area contributed by atoms with Gasteiger partial charge in [-0.15, -0.1) is 0 Å². The van der Waals surface area contributed by atoms with Crippen LogP contribution in [0.3, 0.4) is 0 Å². The summed E-state index contributed by atoms with van der Waals surface area (Å²) in [4.78, 5) is 16.4. The monoisotopic (exact) mass is 294 g/mol. The molecule has 0 saturated heterocycles. The van der Waals surface area contributed by atoms with Gasteiger partial charge in [0.15, 0.2) is 0 Å². The highest BCUT2D eigenvalue weighted by Crippen LogP contribution is 2.13. The Hall–Kier alpha value is -1.69. The maximum atomic E-state index is 11.7. The summed E-state index contributed by atoms with van der Waals surface area (Å²) in [6, 6.07) is 3.69. The molecule has 4 N–H and O–H groups in total. The van der Waals surface area contributed by atoms with E-state index in [0.717, 1.165) is 5.69 Å². The second-order valence-electron chi connectivity index (χ2n) is 5.69. The van der Waals surface area contributed by atoms with Crippen molar-refractivity contribution in [3.05, 3.63) is 23.4 Å². The Balaban J connectivity index is 2.60. The topological polar surface area (TPSA) is 80.0 Å². The number of thiocarbonyl (C=S) groups is 1. The van der Waals surface area contributed by atoms with Crippen molar-refractivity contribution in [3.8, 4) is 0 Å². The van der Waals surface area contributed by atoms with Gasteiger partial charge in [0.25, 0.3) is 0 Å². The SMILES string of the molecule is Cc1ccc(C(N)=S)c(NCCC(=O)NC(C)(C)C)n1. The van der Waals surface area contributed by atoms with Crippen molar-refractivity contribution < 1.29 is 4.79 Å². The van der Waals surface area contributed by atoms with Gasteiger partial charge in [-0.3, -0.25) is 4.79 Å². The standard InChI is InChI=1S/C14H22N4OS/c1-9-5-6-10(12(15)20)13(17-9)16-8-7-11(19)18-14(2,3)4/h5-6H,7-8H2,1-4H3,(H2,15,20)(H,16,17)(H,18,19). The maximum Gasteiger partial charge on any atom is 0.222 e. The fourth-order valence-electron chi connectivity index (χ4n) is 1.67. The number of nitrogens with zero attached hydrogens (tertiary/aromatic N) is 1. The number of rotatable bonds is 5. The van der Waals surface area contributed by atoms with Gasteiger partial charge in [0, 0.05) is 24.2 Å². The van der Waals surface area contributed by atoms with E-state index in [1.54, 1.807) is 0 Å². The molecule has 0 spiro atoms. The second kappa shape index (κ2) is 6.65. The van der Waals surface area contributed by atoms with Crippen LogP contribution in [0.2, 0.25) is 0 Å². The minimum absolute atomic E-state index is 0.00507. The lowest BCUT2D eigenvalue weighted by molar-refractivity contribution is -0.122. The maximum absolute atomic E-state index is 11.7. The minimum Gasteiger partial charge on any atom is -0.389 e. The zero-order valence-electron chi connectivity index (χ0n) is 12.4. The van der Waals surface area contributed by atoms with Crippen LogP contribution in [0, 0.1) is 6.92 Å². The van der Waals surface area contributed by atoms with Crippen LogP contribution >= 0.6 is 12.2 Å². The first kappa shape index (κ1) is 16.4. The van der Waals surface area contributed by atoms with E-state index < -0.39 is 0 Å². The molecule has 0 atom stereocenters. The first-order valence-corrected chi connectivity index (χ1v) is 6.92. The Kier molecular flexibility index (Phi) is 5.44. The number of carbonyl (C=O) groups excluding carboxylic acids is 1. The van der Waals surface area contributed by atoms with E-state index >= 15 is 0 Å². The van der Waals surface area contributed by atoms with Gasteiger partial charge in [-0.2, -0.15) is 0 Å². The van der Waals surface area contributed by atoms with Gasteiger partial charge in [-0.1, -0.05) is 12.2 Å². The zero-order chi connectivity index (χ0) is 15.3. The Labute approximate surface area is 125 Å². The van der Waals surface area contributed by atoms with Crippen molar-refractivity contribution >= 4 is 28.9 Å². The lowest BCUT2D eigenvalue weighted by Gasteiger charge is -2.20. The Morgan fingerprint density at radius 2 is 2.05 bits per heavy atom. The van der Waals surface area contributed by atoms with E-state index in [9.17, 15) is 4.79 Å². The summed E-state index contributed by atoms with van der Waals surface area (Å²) >= 11 is 4.98. The lowest BCUT2D eigenvalue weighted by Crippen LogP contribution is -2.41. The van der Waals surface area contributed by atoms with Gasteiger partial charge < -0.3 is 16.4 Å². The molecule has 0 radical (unpaired) electrons. The van der Waals surface area contributed by atoms with E-state index in [2.05, 4.69) is 15.6 Å². The molecule has 1 rings (SSSR count). The fraction of sp³-hybridized carbons (Fsp3) is 0.500. The van der Waals surface area contributed by atoms with Gasteiger partial charge in [0.1, 0.15) is 10.8 Å². The predicted molar refractivity (Wildman–Crippen MR) is 85.9 cm³/mol. The van der Waals surface area contributed by atoms with Crippen molar-refractivity contribution in [1.82, 2.24) is 10.3 Å². The molecule has 1 aromatic rings. The summed E-state index contributed by atoms with van der Waals surface area (Å²) in [7, 11) is 0. The number of nitrogens with two attached hydrogens (primary N) is 1. The largest absolute Gasteiger partial charge is 0.389 e. The highest BCUT2D eigenvalue weighted by atomic mass is 32.1. The third-order valence-electron chi connectivity index (χ3n) is 2.46. The molecule has 20 heavy (non-hydrogen) atoms. The summed E-state index contributed by atoms with van der Waals surface area (Å²) in [5.41, 5.74) is 7.00. The summed E-state index contributed by atoms with van der Waals surface area (Å²) in [5, 5.41) is 6.02. The van der Waals surface area contributed by atoms with Crippen molar-refractivity contribution in [3.63, 3.8) is 0 Å². The van der Waals surface area contributed by atoms with Crippen molar-refractivity contribution in [2.24, 2.45) is 5.73 Å². The second-order valence-corrected chi connectivity index (χ2v) is 6.13. The highest BCUT2D eigenvalue weighted by Gasteiger charge is 2.13. The quantitative estimate of drug-likeness (QED) is 0.721. The predicted octanol–water partition coefficient (Wildman–Crippen LogP) is 1.74. The average molecular weight is 294 g/mol. The average Bonchev–Trinajstić information content (AvgIpc) is 2.26. The van der Waals surface area contributed by atoms with Crippen LogP contribution in [0.4, 0.5) is 5.82 Å². The lowest BCUT2D eigenvalue weighted by atomic mass is 10.1. The Morgan fingerprint density at radius 1 is 1.40 bits per heavy atom. The van der Waals surface area contributed by atoms with Crippen LogP contribution in [0.25, 0.3) is 0 Å². The van der Waals surface area contributed by atoms with Crippen molar-refractivity contribution in [2.75, 3.05) is 11.9 Å². The molecule has 6 heteroatoms. The number of anilines is 1. The normalized spacial score (nSPS) is 11.0. The molecule has 1 aromatic heterocycles. The number of nitrogens with one attached hydrogen (secondary N) is 2. The molecule has 0 aromatic carbocycles. The van der Waals surface area contributed by atoms with Gasteiger partial charge in [-0.05, 0) is 39.8 Å². The number of hydrogen-bond acceptors (Lipinski definition) is 4. The van der Waals surface area contributed by atoms with Crippen LogP contribution in [-0.2, 0) is 4.79 Å². The third-order valence-corrected chi connectivity index (χ3v) is 2.68. The molecule has 1 amide bonds. The van der Waals surface area contributed by atoms with Crippen LogP contribution in [0.1, 0.15) is 38.4 Å². The van der Waals surface area contributed by atoms with Gasteiger partial charge in [0.2, 0.25) is 5.91 Å². The molecule has 0 saturated carbocycles. The number of aromatic nitrogens is 1. The van der Waals surface area contributed by atoms with Crippen LogP contribution in [0.15, 0.2) is 12.1 Å². The molecule has 0 bridgehead atoms. The number of hydrogen-bond donors (Lipinski definition) is 3. The fourth-order valence-corrected chi connectivity index (χ4v) is 1.83. The summed E-state index contributed by atoms with van der Waals surface area (Å²) in [6.45, 7) is 8.22. The Bertz CT molecular complexity index is 508. The first-order valence-electron chi connectivity index (χ1n) is 6.51. The molecule has 5 nitrogen and oxygen atoms in total. The van der Waals surface area contributed by atoms with E-state index in [0.29, 0.717) is 29.3 Å². The summed E-state index contributed by atoms with van der Waals surface area (Å²) in [5.74, 6) is 0.621. The van der Waals surface area contributed by atoms with E-state index in [4.69, 9.17) is 18.0 Å². The number of carbonyl (C=O) groups is 1. The first-order chi connectivity index (χ1) is 9.19. The highest BCUT2D eigenvalue weighted by molar-refractivity contribution is 7.80. The minimum atomic E-state index is -0.220. The number of aryl methyl sites for hydroxylation is 1. The van der Waals surface area contributed by atoms with Crippen molar-refractivity contribution in [2.45, 2.75) is 39.7 Å². The smallest absolute Gasteiger partial charge is 0.222 e. The van der Waals surface area contributed by atoms with Crippen LogP contribution < -0.4 is 16.4 Å². The molecule has 0 fully saturated rings. The molecular formula is C14H22N4OS. The van der Waals surface area contributed by atoms with Crippen LogP contribution in [0.5, 0.6) is 0 Å². The zero-order valence-corrected chi connectivity index (χ0v) is 13.2. The molecule has 0 aliphatic rings. The molecule has 1 heterocycles. The van der Waals surface area contributed by atoms with E-state index in [-0.39, 0.29) is 11.4 Å². The summed E-state index contributed by atoms with van der Waals surface area (Å²) < 4.78 is 0. The number of amides is 1. The molecule has 0 aliphatic carbocycles. The number of pyridine rings is 1. The van der Waals surface area contributed by atoms with Gasteiger partial charge >= 0.3 is 0 Å². The molecule has 0 aliphatic heterocycles. The van der Waals surface area contributed by atoms with Crippen LogP contribution in [-0.4, -0.2) is 28.0 Å². The molecule has 0 unspecified atom stereocenters.